The topological polar surface area (TPSA) is 64.6 Å². The van der Waals surface area contributed by atoms with Crippen molar-refractivity contribution in [1.29, 1.82) is 0 Å². The Morgan fingerprint density at radius 1 is 1.29 bits per heavy atom. The second-order valence-corrected chi connectivity index (χ2v) is 3.94. The molecule has 0 amide bonds. The van der Waals surface area contributed by atoms with Crippen LogP contribution in [0.5, 0.6) is 11.5 Å². The van der Waals surface area contributed by atoms with Crippen LogP contribution in [0.25, 0.3) is 0 Å². The van der Waals surface area contributed by atoms with Gasteiger partial charge >= 0.3 is 0 Å². The zero-order valence-electron chi connectivity index (χ0n) is 9.67. The van der Waals surface area contributed by atoms with Crippen molar-refractivity contribution in [2.75, 3.05) is 14.2 Å². The van der Waals surface area contributed by atoms with Crippen LogP contribution in [-0.2, 0) is 17.3 Å². The van der Waals surface area contributed by atoms with Gasteiger partial charge in [-0.1, -0.05) is 12.1 Å². The van der Waals surface area contributed by atoms with Crippen molar-refractivity contribution in [2.45, 2.75) is 6.42 Å². The van der Waals surface area contributed by atoms with Crippen LogP contribution in [0, 0.1) is 0 Å². The van der Waals surface area contributed by atoms with Crippen LogP contribution in [0.3, 0.4) is 0 Å². The van der Waals surface area contributed by atoms with Gasteiger partial charge in [-0.05, 0) is 18.1 Å². The molecule has 0 aliphatic heterocycles. The average molecular weight is 257 g/mol. The first kappa shape index (κ1) is 13.4. The molecule has 0 heterocycles. The standard InChI is InChI=1S/C11H15NO4S/c1-15-10-6-5-9(11(8-10)16-2)4-3-7-12-17(13)14/h3,5-8,17H,4H2,1-2H3,(H,12,13,14). The predicted molar refractivity (Wildman–Crippen MR) is 65.8 cm³/mol. The molecule has 1 N–H and O–H groups in total. The van der Waals surface area contributed by atoms with E-state index in [-0.39, 0.29) is 0 Å². The Kier molecular flexibility index (Phi) is 5.35. The summed E-state index contributed by atoms with van der Waals surface area (Å²) in [5.41, 5.74) is 0.951. The fourth-order valence-corrected chi connectivity index (χ4v) is 1.55. The Labute approximate surface area is 102 Å². The Hall–Kier alpha value is -1.69. The van der Waals surface area contributed by atoms with Gasteiger partial charge in [0, 0.05) is 12.3 Å². The molecule has 0 atom stereocenters. The zero-order valence-corrected chi connectivity index (χ0v) is 10.6. The van der Waals surface area contributed by atoms with Crippen LogP contribution in [0.2, 0.25) is 0 Å². The van der Waals surface area contributed by atoms with Crippen molar-refractivity contribution in [3.05, 3.63) is 36.0 Å². The SMILES string of the molecule is COc1ccc(CC=CN[SH](=O)=O)c(OC)c1. The highest BCUT2D eigenvalue weighted by atomic mass is 32.2. The maximum absolute atomic E-state index is 10.3. The van der Waals surface area contributed by atoms with Crippen molar-refractivity contribution in [3.63, 3.8) is 0 Å². The molecular formula is C11H15NO4S. The second kappa shape index (κ2) is 6.80. The van der Waals surface area contributed by atoms with E-state index in [9.17, 15) is 8.42 Å². The molecule has 0 unspecified atom stereocenters. The molecule has 94 valence electrons. The highest BCUT2D eigenvalue weighted by Crippen LogP contribution is 2.24. The molecule has 0 aromatic heterocycles. The minimum absolute atomic E-state index is 0.573. The van der Waals surface area contributed by atoms with Crippen molar-refractivity contribution >= 4 is 10.9 Å². The monoisotopic (exact) mass is 257 g/mol. The number of ether oxygens (including phenoxy) is 2. The fraction of sp³-hybridized carbons (Fsp3) is 0.273. The largest absolute Gasteiger partial charge is 0.497 e. The Balaban J connectivity index is 2.73. The molecular weight excluding hydrogens is 242 g/mol. The molecule has 17 heavy (non-hydrogen) atoms. The Bertz CT molecular complexity index is 461. The van der Waals surface area contributed by atoms with Crippen LogP contribution in [-0.4, -0.2) is 22.6 Å². The van der Waals surface area contributed by atoms with E-state index in [1.807, 2.05) is 12.1 Å². The van der Waals surface area contributed by atoms with E-state index in [1.165, 1.54) is 6.20 Å². The summed E-state index contributed by atoms with van der Waals surface area (Å²) in [6.07, 6.45) is 3.66. The Morgan fingerprint density at radius 3 is 2.65 bits per heavy atom. The lowest BCUT2D eigenvalue weighted by Gasteiger charge is -2.08. The molecule has 1 aromatic carbocycles. The average Bonchev–Trinajstić information content (AvgIpc) is 2.34. The number of benzene rings is 1. The van der Waals surface area contributed by atoms with Crippen LogP contribution < -0.4 is 14.2 Å². The quantitative estimate of drug-likeness (QED) is 0.742. The number of methoxy groups -OCH3 is 2. The van der Waals surface area contributed by atoms with Gasteiger partial charge in [-0.15, -0.1) is 0 Å². The number of allylic oxidation sites excluding steroid dienone is 1. The molecule has 0 aliphatic rings. The lowest BCUT2D eigenvalue weighted by atomic mass is 10.1. The molecule has 0 spiro atoms. The summed E-state index contributed by atoms with van der Waals surface area (Å²) in [6.45, 7) is 0. The third-order valence-electron chi connectivity index (χ3n) is 2.13. The highest BCUT2D eigenvalue weighted by molar-refractivity contribution is 7.70. The van der Waals surface area contributed by atoms with Crippen LogP contribution >= 0.6 is 0 Å². The van der Waals surface area contributed by atoms with Gasteiger partial charge < -0.3 is 9.47 Å². The molecule has 1 aromatic rings. The van der Waals surface area contributed by atoms with Crippen molar-refractivity contribution in [1.82, 2.24) is 4.72 Å². The summed E-state index contributed by atoms with van der Waals surface area (Å²) in [5.74, 6) is 1.43. The van der Waals surface area contributed by atoms with Gasteiger partial charge in [-0.2, -0.15) is 0 Å². The highest BCUT2D eigenvalue weighted by Gasteiger charge is 2.02. The molecule has 0 radical (unpaired) electrons. The van der Waals surface area contributed by atoms with Gasteiger partial charge in [0.1, 0.15) is 11.5 Å². The normalized spacial score (nSPS) is 10.8. The number of nitrogens with one attached hydrogen (secondary N) is 1. The maximum atomic E-state index is 10.3. The number of thiol groups is 1. The smallest absolute Gasteiger partial charge is 0.222 e. The number of hydrogen-bond acceptors (Lipinski definition) is 4. The summed E-state index contributed by atoms with van der Waals surface area (Å²) in [4.78, 5) is 0. The lowest BCUT2D eigenvalue weighted by Crippen LogP contribution is -2.00. The summed E-state index contributed by atoms with van der Waals surface area (Å²) in [6, 6.07) is 5.48. The van der Waals surface area contributed by atoms with Crippen molar-refractivity contribution < 1.29 is 17.9 Å². The van der Waals surface area contributed by atoms with Gasteiger partial charge in [0.05, 0.1) is 14.2 Å². The van der Waals surface area contributed by atoms with E-state index in [0.29, 0.717) is 12.2 Å². The van der Waals surface area contributed by atoms with E-state index >= 15 is 0 Å². The third kappa shape index (κ3) is 4.36. The predicted octanol–water partition coefficient (Wildman–Crippen LogP) is 0.876. The number of hydrogen-bond donors (Lipinski definition) is 2. The summed E-state index contributed by atoms with van der Waals surface area (Å²) >= 11 is 0. The van der Waals surface area contributed by atoms with Crippen LogP contribution in [0.15, 0.2) is 30.5 Å². The summed E-state index contributed by atoms with van der Waals surface area (Å²) < 4.78 is 33.0. The van der Waals surface area contributed by atoms with Crippen molar-refractivity contribution in [2.24, 2.45) is 0 Å². The Morgan fingerprint density at radius 2 is 2.06 bits per heavy atom. The summed E-state index contributed by atoms with van der Waals surface area (Å²) in [7, 11) is 0.576. The molecule has 0 saturated heterocycles. The first-order valence-electron chi connectivity index (χ1n) is 4.94. The fourth-order valence-electron chi connectivity index (χ4n) is 1.32. The second-order valence-electron chi connectivity index (χ2n) is 3.17. The third-order valence-corrected chi connectivity index (χ3v) is 2.49. The van der Waals surface area contributed by atoms with E-state index < -0.39 is 10.9 Å². The minimum atomic E-state index is -2.59. The van der Waals surface area contributed by atoms with E-state index in [2.05, 4.69) is 4.72 Å². The maximum Gasteiger partial charge on any atom is 0.222 e. The van der Waals surface area contributed by atoms with Gasteiger partial charge in [0.15, 0.2) is 0 Å². The van der Waals surface area contributed by atoms with E-state index in [4.69, 9.17) is 9.47 Å². The first-order chi connectivity index (χ1) is 8.17. The molecule has 0 aliphatic carbocycles. The van der Waals surface area contributed by atoms with E-state index in [1.54, 1.807) is 26.4 Å². The van der Waals surface area contributed by atoms with Gasteiger partial charge in [0.2, 0.25) is 10.9 Å². The molecule has 6 heteroatoms. The molecule has 0 bridgehead atoms. The van der Waals surface area contributed by atoms with Gasteiger partial charge in [-0.25, -0.2) is 8.42 Å². The van der Waals surface area contributed by atoms with Crippen LogP contribution in [0.4, 0.5) is 0 Å². The van der Waals surface area contributed by atoms with Gasteiger partial charge in [0.25, 0.3) is 0 Å². The van der Waals surface area contributed by atoms with Gasteiger partial charge in [-0.3, -0.25) is 4.72 Å². The lowest BCUT2D eigenvalue weighted by molar-refractivity contribution is 0.391. The van der Waals surface area contributed by atoms with Crippen LogP contribution in [0.1, 0.15) is 5.56 Å². The molecule has 0 fully saturated rings. The summed E-state index contributed by atoms with van der Waals surface area (Å²) in [5, 5.41) is 0. The van der Waals surface area contributed by atoms with Crippen molar-refractivity contribution in [3.8, 4) is 11.5 Å². The number of rotatable bonds is 6. The minimum Gasteiger partial charge on any atom is -0.497 e. The molecule has 1 rings (SSSR count). The molecule has 0 saturated carbocycles. The zero-order chi connectivity index (χ0) is 12.7. The van der Waals surface area contributed by atoms with E-state index in [0.717, 1.165) is 11.3 Å². The molecule has 5 nitrogen and oxygen atoms in total. The first-order valence-corrected chi connectivity index (χ1v) is 6.11.